The maximum absolute atomic E-state index is 12.8. The first kappa shape index (κ1) is 18.7. The molecule has 1 heterocycles. The van der Waals surface area contributed by atoms with E-state index in [2.05, 4.69) is 5.10 Å². The highest BCUT2D eigenvalue weighted by atomic mass is 35.5. The fourth-order valence-corrected chi connectivity index (χ4v) is 3.14. The number of ether oxygens (including phenoxy) is 1. The number of rotatable bonds is 5. The number of methoxy groups -OCH3 is 1. The molecule has 0 radical (unpaired) electrons. The van der Waals surface area contributed by atoms with Crippen molar-refractivity contribution in [3.63, 3.8) is 0 Å². The van der Waals surface area contributed by atoms with Crippen molar-refractivity contribution in [2.45, 2.75) is 13.8 Å². The van der Waals surface area contributed by atoms with E-state index in [9.17, 15) is 9.90 Å². The molecule has 6 heteroatoms. The molecule has 0 unspecified atom stereocenters. The van der Waals surface area contributed by atoms with E-state index in [4.69, 9.17) is 16.3 Å². The molecule has 0 fully saturated rings. The predicted octanol–water partition coefficient (Wildman–Crippen LogP) is 4.75. The summed E-state index contributed by atoms with van der Waals surface area (Å²) in [5.74, 6) is -0.0346. The van der Waals surface area contributed by atoms with E-state index < -0.39 is 0 Å². The van der Waals surface area contributed by atoms with Gasteiger partial charge in [0.2, 0.25) is 0 Å². The minimum atomic E-state index is -0.157. The number of phenols is 1. The molecule has 5 nitrogen and oxygen atoms in total. The van der Waals surface area contributed by atoms with Crippen molar-refractivity contribution >= 4 is 23.5 Å². The zero-order valence-corrected chi connectivity index (χ0v) is 16.0. The zero-order valence-electron chi connectivity index (χ0n) is 15.2. The molecule has 0 atom stereocenters. The molecule has 0 amide bonds. The first-order valence-corrected chi connectivity index (χ1v) is 8.70. The molecule has 138 valence electrons. The molecule has 27 heavy (non-hydrogen) atoms. The van der Waals surface area contributed by atoms with Crippen LogP contribution >= 0.6 is 11.6 Å². The number of halogens is 1. The van der Waals surface area contributed by atoms with Gasteiger partial charge in [0.15, 0.2) is 17.3 Å². The third-order valence-corrected chi connectivity index (χ3v) is 4.52. The summed E-state index contributed by atoms with van der Waals surface area (Å²) < 4.78 is 6.84. The van der Waals surface area contributed by atoms with E-state index in [-0.39, 0.29) is 22.3 Å². The van der Waals surface area contributed by atoms with Crippen molar-refractivity contribution in [1.82, 2.24) is 9.78 Å². The largest absolute Gasteiger partial charge is 0.503 e. The van der Waals surface area contributed by atoms with Crippen molar-refractivity contribution in [3.8, 4) is 17.2 Å². The molecular formula is C21H19ClN2O3. The molecule has 0 saturated carbocycles. The number of nitrogens with zero attached hydrogens (tertiary/aromatic N) is 2. The Labute approximate surface area is 162 Å². The zero-order chi connectivity index (χ0) is 19.6. The summed E-state index contributed by atoms with van der Waals surface area (Å²) in [5, 5.41) is 14.5. The normalized spacial score (nSPS) is 11.1. The number of aromatic nitrogens is 2. The number of ketones is 1. The van der Waals surface area contributed by atoms with Gasteiger partial charge < -0.3 is 9.84 Å². The standard InChI is InChI=1S/C21H19ClN2O3/c1-13-20(14(2)24(23-13)16-7-5-4-6-8-16)18(25)10-9-15-11-17(22)21(26)19(12-15)27-3/h4-12,26H,1-3H3. The number of benzene rings is 2. The van der Waals surface area contributed by atoms with Gasteiger partial charge in [0.1, 0.15) is 0 Å². The minimum Gasteiger partial charge on any atom is -0.503 e. The Morgan fingerprint density at radius 1 is 1.22 bits per heavy atom. The molecule has 0 spiro atoms. The van der Waals surface area contributed by atoms with Crippen LogP contribution < -0.4 is 4.74 Å². The number of hydrogen-bond donors (Lipinski definition) is 1. The van der Waals surface area contributed by atoms with Crippen LogP contribution in [0.5, 0.6) is 11.5 Å². The Kier molecular flexibility index (Phi) is 5.33. The maximum atomic E-state index is 12.8. The molecule has 1 aromatic heterocycles. The van der Waals surface area contributed by atoms with Crippen molar-refractivity contribution < 1.29 is 14.6 Å². The molecule has 3 aromatic rings. The van der Waals surface area contributed by atoms with E-state index in [1.54, 1.807) is 22.9 Å². The number of para-hydroxylation sites is 1. The molecule has 3 rings (SSSR count). The van der Waals surface area contributed by atoms with Crippen molar-refractivity contribution in [2.24, 2.45) is 0 Å². The lowest BCUT2D eigenvalue weighted by atomic mass is 10.1. The maximum Gasteiger partial charge on any atom is 0.189 e. The molecular weight excluding hydrogens is 364 g/mol. The lowest BCUT2D eigenvalue weighted by Gasteiger charge is -2.06. The van der Waals surface area contributed by atoms with Crippen LogP contribution in [0, 0.1) is 13.8 Å². The van der Waals surface area contributed by atoms with Crippen LogP contribution in [-0.2, 0) is 0 Å². The lowest BCUT2D eigenvalue weighted by molar-refractivity contribution is 0.104. The van der Waals surface area contributed by atoms with Crippen LogP contribution in [0.25, 0.3) is 11.8 Å². The van der Waals surface area contributed by atoms with Gasteiger partial charge in [0, 0.05) is 0 Å². The molecule has 0 aliphatic heterocycles. The van der Waals surface area contributed by atoms with Crippen LogP contribution in [0.3, 0.4) is 0 Å². The summed E-state index contributed by atoms with van der Waals surface area (Å²) in [5.41, 5.74) is 3.54. The second-order valence-electron chi connectivity index (χ2n) is 6.04. The summed E-state index contributed by atoms with van der Waals surface area (Å²) in [6, 6.07) is 12.8. The fraction of sp³-hybridized carbons (Fsp3) is 0.143. The van der Waals surface area contributed by atoms with Crippen molar-refractivity contribution in [2.75, 3.05) is 7.11 Å². The van der Waals surface area contributed by atoms with Crippen LogP contribution in [-0.4, -0.2) is 27.8 Å². The number of aromatic hydroxyl groups is 1. The Morgan fingerprint density at radius 3 is 2.59 bits per heavy atom. The minimum absolute atomic E-state index is 0.126. The quantitative estimate of drug-likeness (QED) is 0.510. The lowest BCUT2D eigenvalue weighted by Crippen LogP contribution is -2.01. The van der Waals surface area contributed by atoms with E-state index in [0.29, 0.717) is 16.8 Å². The first-order valence-electron chi connectivity index (χ1n) is 8.33. The number of carbonyl (C=O) groups excluding carboxylic acids is 1. The number of carbonyl (C=O) groups is 1. The average molecular weight is 383 g/mol. The molecule has 0 aliphatic rings. The monoisotopic (exact) mass is 382 g/mol. The first-order chi connectivity index (χ1) is 12.9. The average Bonchev–Trinajstić information content (AvgIpc) is 2.97. The highest BCUT2D eigenvalue weighted by molar-refractivity contribution is 6.32. The van der Waals surface area contributed by atoms with E-state index >= 15 is 0 Å². The van der Waals surface area contributed by atoms with Gasteiger partial charge in [0.25, 0.3) is 0 Å². The Balaban J connectivity index is 1.92. The Morgan fingerprint density at radius 2 is 1.93 bits per heavy atom. The van der Waals surface area contributed by atoms with E-state index in [1.165, 1.54) is 13.2 Å². The van der Waals surface area contributed by atoms with Crippen molar-refractivity contribution in [3.05, 3.63) is 76.1 Å². The van der Waals surface area contributed by atoms with Gasteiger partial charge in [-0.15, -0.1) is 0 Å². The van der Waals surface area contributed by atoms with Crippen LogP contribution in [0.15, 0.2) is 48.5 Å². The summed E-state index contributed by atoms with van der Waals surface area (Å²) in [6.07, 6.45) is 3.10. The SMILES string of the molecule is COc1cc(C=CC(=O)c2c(C)nn(-c3ccccc3)c2C)cc(Cl)c1O. The molecule has 2 aromatic carbocycles. The van der Waals surface area contributed by atoms with Gasteiger partial charge in [0.05, 0.1) is 34.8 Å². The molecule has 1 N–H and O–H groups in total. The summed E-state index contributed by atoms with van der Waals surface area (Å²) in [4.78, 5) is 12.8. The van der Waals surface area contributed by atoms with E-state index in [0.717, 1.165) is 11.4 Å². The van der Waals surface area contributed by atoms with E-state index in [1.807, 2.05) is 44.2 Å². The Hall–Kier alpha value is -3.05. The number of hydrogen-bond acceptors (Lipinski definition) is 4. The van der Waals surface area contributed by atoms with Crippen LogP contribution in [0.2, 0.25) is 5.02 Å². The molecule has 0 aliphatic carbocycles. The number of aryl methyl sites for hydroxylation is 1. The number of allylic oxidation sites excluding steroid dienone is 1. The Bertz CT molecular complexity index is 1020. The van der Waals surface area contributed by atoms with Gasteiger partial charge >= 0.3 is 0 Å². The van der Waals surface area contributed by atoms with Crippen LogP contribution in [0.1, 0.15) is 27.3 Å². The third-order valence-electron chi connectivity index (χ3n) is 4.24. The van der Waals surface area contributed by atoms with Gasteiger partial charge in [-0.3, -0.25) is 4.79 Å². The summed E-state index contributed by atoms with van der Waals surface area (Å²) >= 11 is 5.99. The van der Waals surface area contributed by atoms with Crippen molar-refractivity contribution in [1.29, 1.82) is 0 Å². The second-order valence-corrected chi connectivity index (χ2v) is 6.45. The topological polar surface area (TPSA) is 64.3 Å². The highest BCUT2D eigenvalue weighted by Gasteiger charge is 2.17. The van der Waals surface area contributed by atoms with Gasteiger partial charge in [-0.05, 0) is 49.8 Å². The number of phenolic OH excluding ortho intramolecular Hbond substituents is 1. The van der Waals surface area contributed by atoms with Gasteiger partial charge in [-0.25, -0.2) is 4.68 Å². The molecule has 0 saturated heterocycles. The predicted molar refractivity (Wildman–Crippen MR) is 106 cm³/mol. The third kappa shape index (κ3) is 3.73. The molecule has 0 bridgehead atoms. The smallest absolute Gasteiger partial charge is 0.189 e. The summed E-state index contributed by atoms with van der Waals surface area (Å²) in [6.45, 7) is 3.68. The second kappa shape index (κ2) is 7.68. The fourth-order valence-electron chi connectivity index (χ4n) is 2.92. The van der Waals surface area contributed by atoms with Crippen LogP contribution in [0.4, 0.5) is 0 Å². The highest BCUT2D eigenvalue weighted by Crippen LogP contribution is 2.35. The summed E-state index contributed by atoms with van der Waals surface area (Å²) in [7, 11) is 1.44. The van der Waals surface area contributed by atoms with Gasteiger partial charge in [-0.2, -0.15) is 5.10 Å². The van der Waals surface area contributed by atoms with Gasteiger partial charge in [-0.1, -0.05) is 35.9 Å².